The van der Waals surface area contributed by atoms with Gasteiger partial charge < -0.3 is 14.3 Å². The maximum absolute atomic E-state index is 14.4. The molecule has 4 aromatic carbocycles. The zero-order valence-corrected chi connectivity index (χ0v) is 34.7. The summed E-state index contributed by atoms with van der Waals surface area (Å²) in [5, 5.41) is 24.1. The molecule has 2 heterocycles. The van der Waals surface area contributed by atoms with Gasteiger partial charge in [-0.1, -0.05) is 106 Å². The normalized spacial score (nSPS) is 21.2. The number of carbonyl (C=O) groups is 2. The van der Waals surface area contributed by atoms with Crippen LogP contribution >= 0.6 is 0 Å². The van der Waals surface area contributed by atoms with Crippen LogP contribution in [0.2, 0.25) is 5.04 Å². The molecule has 2 fully saturated rings. The van der Waals surface area contributed by atoms with Crippen LogP contribution < -0.4 is 15.3 Å². The number of nitro groups is 1. The van der Waals surface area contributed by atoms with Crippen LogP contribution in [0, 0.1) is 41.7 Å². The van der Waals surface area contributed by atoms with Gasteiger partial charge in [-0.2, -0.15) is 0 Å². The summed E-state index contributed by atoms with van der Waals surface area (Å²) in [5.74, 6) is -1.98. The quantitative estimate of drug-likeness (QED) is 0.0503. The molecule has 0 unspecified atom stereocenters. The summed E-state index contributed by atoms with van der Waals surface area (Å²) in [7, 11) is -2.97. The molecule has 0 radical (unpaired) electrons. The van der Waals surface area contributed by atoms with Crippen molar-refractivity contribution >= 4 is 48.0 Å². The molecule has 0 bridgehead atoms. The third-order valence-corrected chi connectivity index (χ3v) is 17.2. The lowest BCUT2D eigenvalue weighted by molar-refractivity contribution is -0.384. The van der Waals surface area contributed by atoms with Gasteiger partial charge in [0.2, 0.25) is 11.8 Å². The number of non-ortho nitro benzene ring substituents is 1. The van der Waals surface area contributed by atoms with E-state index in [9.17, 15) is 24.8 Å². The number of phenols is 1. The minimum absolute atomic E-state index is 0.178. The number of nitrogens with zero attached hydrogens (tertiary/aromatic N) is 2. The number of aromatic hydroxyl groups is 1. The van der Waals surface area contributed by atoms with E-state index in [1.807, 2.05) is 38.1 Å². The van der Waals surface area contributed by atoms with Crippen LogP contribution in [0.4, 0.5) is 11.4 Å². The van der Waals surface area contributed by atoms with Crippen molar-refractivity contribution in [1.29, 1.82) is 0 Å². The Labute approximate surface area is 336 Å². The molecule has 0 spiro atoms. The minimum Gasteiger partial charge on any atom is -0.507 e. The van der Waals surface area contributed by atoms with Crippen molar-refractivity contribution in [3.05, 3.63) is 141 Å². The van der Waals surface area contributed by atoms with Crippen molar-refractivity contribution in [2.75, 3.05) is 18.1 Å². The number of fused-ring (bicyclic) bond motifs is 3. The second kappa shape index (κ2) is 16.0. The molecule has 4 atom stereocenters. The van der Waals surface area contributed by atoms with E-state index in [-0.39, 0.29) is 46.9 Å². The van der Waals surface area contributed by atoms with Crippen molar-refractivity contribution < 1.29 is 28.8 Å². The van der Waals surface area contributed by atoms with E-state index in [0.29, 0.717) is 25.2 Å². The van der Waals surface area contributed by atoms with Crippen molar-refractivity contribution in [2.24, 2.45) is 17.8 Å². The summed E-state index contributed by atoms with van der Waals surface area (Å²) in [6.07, 6.45) is 4.56. The van der Waals surface area contributed by atoms with Crippen LogP contribution in [0.1, 0.15) is 70.1 Å². The number of anilines is 1. The van der Waals surface area contributed by atoms with Gasteiger partial charge in [-0.05, 0) is 101 Å². The van der Waals surface area contributed by atoms with E-state index in [0.717, 1.165) is 51.1 Å². The number of amides is 2. The fourth-order valence-corrected chi connectivity index (χ4v) is 14.1. The first-order valence-corrected chi connectivity index (χ1v) is 21.9. The Balaban J connectivity index is 1.28. The largest absolute Gasteiger partial charge is 0.507 e. The van der Waals surface area contributed by atoms with Crippen LogP contribution in [0.15, 0.2) is 114 Å². The Morgan fingerprint density at radius 2 is 1.56 bits per heavy atom. The highest BCUT2D eigenvalue weighted by Crippen LogP contribution is 2.51. The van der Waals surface area contributed by atoms with Gasteiger partial charge in [0.05, 0.1) is 41.8 Å². The molecule has 3 aliphatic rings. The average molecular weight is 785 g/mol. The van der Waals surface area contributed by atoms with Gasteiger partial charge in [0.15, 0.2) is 0 Å². The number of nitro benzene ring substituents is 1. The lowest BCUT2D eigenvalue weighted by Crippen LogP contribution is -2.66. The Hall–Kier alpha value is -5.16. The number of benzene rings is 4. The Morgan fingerprint density at radius 3 is 2.14 bits per heavy atom. The molecular formula is C47H52N2O7Si. The maximum Gasteiger partial charge on any atom is 0.271 e. The predicted molar refractivity (Wildman–Crippen MR) is 226 cm³/mol. The second-order valence-corrected chi connectivity index (χ2v) is 21.1. The molecule has 57 heavy (non-hydrogen) atoms. The highest BCUT2D eigenvalue weighted by Gasteiger charge is 2.58. The van der Waals surface area contributed by atoms with Crippen LogP contribution in [0.25, 0.3) is 6.08 Å². The van der Waals surface area contributed by atoms with E-state index >= 15 is 0 Å². The molecule has 10 heteroatoms. The van der Waals surface area contributed by atoms with Crippen LogP contribution in [0.5, 0.6) is 5.75 Å². The summed E-state index contributed by atoms with van der Waals surface area (Å²) in [5.41, 5.74) is 6.06. The molecule has 2 saturated heterocycles. The molecule has 296 valence electrons. The van der Waals surface area contributed by atoms with Gasteiger partial charge in [0.1, 0.15) is 5.75 Å². The number of aryl methyl sites for hydroxylation is 2. The maximum atomic E-state index is 14.4. The number of rotatable bonds is 12. The molecule has 4 aromatic rings. The summed E-state index contributed by atoms with van der Waals surface area (Å²) < 4.78 is 14.1. The first-order chi connectivity index (χ1) is 27.2. The molecule has 2 amide bonds. The van der Waals surface area contributed by atoms with Gasteiger partial charge in [-0.3, -0.25) is 19.7 Å². The predicted octanol–water partition coefficient (Wildman–Crippen LogP) is 8.59. The molecule has 9 nitrogen and oxygen atoms in total. The summed E-state index contributed by atoms with van der Waals surface area (Å²) in [6.45, 7) is 13.3. The lowest BCUT2D eigenvalue weighted by Gasteiger charge is -2.44. The monoisotopic (exact) mass is 784 g/mol. The van der Waals surface area contributed by atoms with E-state index in [2.05, 4.69) is 82.3 Å². The fourth-order valence-electron chi connectivity index (χ4n) is 9.54. The standard InChI is InChI=1S/C47H52N2O7Si/c1-7-32(25-33-23-30(2)44(50)31(3)24-33)21-22-41-42-34(28-56-57(47(4,5)6,37-17-10-8-11-18-37)38-19-12-9-13-20-38)26-39-43(40(42)29-55-41)46(52)48(45(39)51)35-15-14-16-36(27-35)49(53)54/h8-20,23-25,27,39-41,43,50H,7,21-22,26,28-29H2,1-6H3/b32-25+/t39-,40+,41-,43-/m1/s1. The van der Waals surface area contributed by atoms with E-state index in [4.69, 9.17) is 9.16 Å². The first-order valence-electron chi connectivity index (χ1n) is 20.0. The van der Waals surface area contributed by atoms with Gasteiger partial charge in [-0.25, -0.2) is 4.90 Å². The number of hydrogen-bond acceptors (Lipinski definition) is 7. The Bertz CT molecular complexity index is 2180. The van der Waals surface area contributed by atoms with E-state index in [1.165, 1.54) is 28.7 Å². The van der Waals surface area contributed by atoms with Crippen LogP contribution in [-0.2, 0) is 18.8 Å². The Morgan fingerprint density at radius 1 is 0.930 bits per heavy atom. The van der Waals surface area contributed by atoms with E-state index in [1.54, 1.807) is 6.07 Å². The zero-order valence-electron chi connectivity index (χ0n) is 33.7. The highest BCUT2D eigenvalue weighted by atomic mass is 28.4. The van der Waals surface area contributed by atoms with Crippen LogP contribution in [0.3, 0.4) is 0 Å². The van der Waals surface area contributed by atoms with Crippen molar-refractivity contribution in [1.82, 2.24) is 0 Å². The first kappa shape index (κ1) is 40.0. The van der Waals surface area contributed by atoms with Gasteiger partial charge in [0, 0.05) is 18.1 Å². The third-order valence-electron chi connectivity index (χ3n) is 12.3. The minimum atomic E-state index is -2.97. The lowest BCUT2D eigenvalue weighted by atomic mass is 9.69. The molecule has 1 N–H and O–H groups in total. The SMILES string of the molecule is CC/C(=C\c1cc(C)c(O)c(C)c1)CC[C@H]1OC[C@H]2C1=C(CO[Si](c1ccccc1)(c1ccccc1)C(C)(C)C)C[C@H]1C(=O)N(c3cccc([N+](=O)[O-])c3)C(=O)[C@H]12. The van der Waals surface area contributed by atoms with Crippen molar-refractivity contribution in [2.45, 2.75) is 78.4 Å². The third kappa shape index (κ3) is 7.42. The van der Waals surface area contributed by atoms with E-state index < -0.39 is 25.1 Å². The Kier molecular flexibility index (Phi) is 11.2. The number of carbonyl (C=O) groups excluding carboxylic acids is 2. The van der Waals surface area contributed by atoms with Gasteiger partial charge >= 0.3 is 0 Å². The van der Waals surface area contributed by atoms with Crippen molar-refractivity contribution in [3.8, 4) is 5.75 Å². The number of ether oxygens (including phenoxy) is 1. The molecular weight excluding hydrogens is 733 g/mol. The number of hydrogen-bond donors (Lipinski definition) is 1. The van der Waals surface area contributed by atoms with Gasteiger partial charge in [-0.15, -0.1) is 0 Å². The summed E-state index contributed by atoms with van der Waals surface area (Å²) >= 11 is 0. The zero-order chi connectivity index (χ0) is 40.6. The highest BCUT2D eigenvalue weighted by molar-refractivity contribution is 6.99. The molecule has 1 aliphatic carbocycles. The number of allylic oxidation sites excluding steroid dienone is 1. The number of imide groups is 1. The topological polar surface area (TPSA) is 119 Å². The molecule has 2 aliphatic heterocycles. The fraction of sp³-hybridized carbons (Fsp3) is 0.362. The van der Waals surface area contributed by atoms with Gasteiger partial charge in [0.25, 0.3) is 14.0 Å². The summed E-state index contributed by atoms with van der Waals surface area (Å²) in [6, 6.07) is 30.7. The average Bonchev–Trinajstić information content (AvgIpc) is 3.73. The smallest absolute Gasteiger partial charge is 0.271 e. The summed E-state index contributed by atoms with van der Waals surface area (Å²) in [4.78, 5) is 41.1. The molecule has 0 saturated carbocycles. The van der Waals surface area contributed by atoms with Crippen LogP contribution in [-0.4, -0.2) is 49.5 Å². The second-order valence-electron chi connectivity index (χ2n) is 16.8. The number of phenolic OH excluding ortho intramolecular Hbond substituents is 1. The molecule has 0 aromatic heterocycles. The molecule has 7 rings (SSSR count). The van der Waals surface area contributed by atoms with Crippen molar-refractivity contribution in [3.63, 3.8) is 0 Å².